The molecule has 0 saturated heterocycles. The molecule has 0 aromatic carbocycles. The van der Waals surface area contributed by atoms with E-state index < -0.39 is 0 Å². The molecule has 1 aromatic heterocycles. The Labute approximate surface area is 109 Å². The number of hydrogen-bond donors (Lipinski definition) is 1. The molecule has 1 unspecified atom stereocenters. The molecule has 1 N–H and O–H groups in total. The molecule has 1 rings (SSSR count). The van der Waals surface area contributed by atoms with Crippen LogP contribution in [0.2, 0.25) is 0 Å². The summed E-state index contributed by atoms with van der Waals surface area (Å²) in [6, 6.07) is -0.322. The van der Waals surface area contributed by atoms with Crippen molar-refractivity contribution < 1.29 is 9.53 Å². The van der Waals surface area contributed by atoms with Crippen LogP contribution >= 0.6 is 23.1 Å². The summed E-state index contributed by atoms with van der Waals surface area (Å²) in [5, 5.41) is 11.8. The van der Waals surface area contributed by atoms with Crippen LogP contribution in [-0.4, -0.2) is 56.2 Å². The molecule has 1 atom stereocenters. The van der Waals surface area contributed by atoms with E-state index in [1.807, 2.05) is 19.0 Å². The molecule has 0 saturated carbocycles. The fraction of sp³-hybridized carbons (Fsp3) is 0.667. The lowest BCUT2D eigenvalue weighted by Crippen LogP contribution is -2.37. The van der Waals surface area contributed by atoms with Gasteiger partial charge in [0, 0.05) is 19.8 Å². The lowest BCUT2D eigenvalue weighted by molar-refractivity contribution is -0.142. The maximum absolute atomic E-state index is 11.3. The number of nitrogens with zero attached hydrogens (tertiary/aromatic N) is 3. The van der Waals surface area contributed by atoms with Crippen LogP contribution in [0, 0.1) is 0 Å². The number of hydrogen-bond acceptors (Lipinski definition) is 8. The first-order chi connectivity index (χ1) is 8.08. The van der Waals surface area contributed by atoms with Crippen molar-refractivity contribution in [2.75, 3.05) is 38.9 Å². The Morgan fingerprint density at radius 2 is 2.29 bits per heavy atom. The number of nitrogens with one attached hydrogen (secondary N) is 1. The van der Waals surface area contributed by atoms with E-state index >= 15 is 0 Å². The summed E-state index contributed by atoms with van der Waals surface area (Å²) in [7, 11) is 6.94. The second kappa shape index (κ2) is 6.77. The molecule has 0 radical (unpaired) electrons. The number of carbonyl (C=O) groups excluding carboxylic acids is 1. The molecule has 0 fully saturated rings. The molecule has 0 aliphatic carbocycles. The van der Waals surface area contributed by atoms with Crippen molar-refractivity contribution in [3.8, 4) is 0 Å². The largest absolute Gasteiger partial charge is 0.468 e. The van der Waals surface area contributed by atoms with Gasteiger partial charge in [-0.2, -0.15) is 0 Å². The van der Waals surface area contributed by atoms with Crippen molar-refractivity contribution in [1.82, 2.24) is 15.5 Å². The number of aromatic nitrogens is 2. The van der Waals surface area contributed by atoms with Crippen LogP contribution in [0.3, 0.4) is 0 Å². The van der Waals surface area contributed by atoms with Crippen molar-refractivity contribution in [3.63, 3.8) is 0 Å². The Kier molecular flexibility index (Phi) is 5.66. The zero-order chi connectivity index (χ0) is 12.8. The number of carbonyl (C=O) groups is 1. The smallest absolute Gasteiger partial charge is 0.323 e. The standard InChI is InChI=1S/C9H16N4O2S2/c1-10-6(7(14)15-4)5-16-9-12-11-8(17-9)13(2)3/h6,10H,5H2,1-4H3. The van der Waals surface area contributed by atoms with E-state index in [0.717, 1.165) is 9.47 Å². The first-order valence-corrected chi connectivity index (χ1v) is 6.77. The average molecular weight is 276 g/mol. The van der Waals surface area contributed by atoms with Gasteiger partial charge in [-0.1, -0.05) is 23.1 Å². The molecular weight excluding hydrogens is 260 g/mol. The Morgan fingerprint density at radius 1 is 1.59 bits per heavy atom. The number of ether oxygens (including phenoxy) is 1. The molecule has 6 nitrogen and oxygen atoms in total. The van der Waals surface area contributed by atoms with Gasteiger partial charge in [-0.05, 0) is 7.05 Å². The zero-order valence-electron chi connectivity index (χ0n) is 10.3. The minimum Gasteiger partial charge on any atom is -0.468 e. The molecule has 8 heteroatoms. The number of methoxy groups -OCH3 is 1. The number of likely N-dealkylation sites (N-methyl/N-ethyl adjacent to an activating group) is 1. The minimum absolute atomic E-state index is 0.266. The Balaban J connectivity index is 2.51. The van der Waals surface area contributed by atoms with Gasteiger partial charge in [-0.25, -0.2) is 0 Å². The molecule has 0 spiro atoms. The van der Waals surface area contributed by atoms with Gasteiger partial charge in [-0.3, -0.25) is 4.79 Å². The molecule has 0 aliphatic rings. The van der Waals surface area contributed by atoms with Crippen molar-refractivity contribution in [2.45, 2.75) is 10.4 Å². The third-order valence-corrected chi connectivity index (χ3v) is 4.30. The molecule has 1 aromatic rings. The molecule has 0 bridgehead atoms. The summed E-state index contributed by atoms with van der Waals surface area (Å²) < 4.78 is 5.52. The highest BCUT2D eigenvalue weighted by Gasteiger charge is 2.18. The third kappa shape index (κ3) is 4.14. The zero-order valence-corrected chi connectivity index (χ0v) is 11.9. The molecular formula is C9H16N4O2S2. The highest BCUT2D eigenvalue weighted by atomic mass is 32.2. The van der Waals surface area contributed by atoms with E-state index in [9.17, 15) is 4.79 Å². The summed E-state index contributed by atoms with van der Waals surface area (Å²) in [6.07, 6.45) is 0. The monoisotopic (exact) mass is 276 g/mol. The topological polar surface area (TPSA) is 67.4 Å². The van der Waals surface area contributed by atoms with Gasteiger partial charge in [0.1, 0.15) is 6.04 Å². The van der Waals surface area contributed by atoms with Gasteiger partial charge in [0.15, 0.2) is 4.34 Å². The Hall–Kier alpha value is -0.860. The number of esters is 1. The number of anilines is 1. The molecule has 1 heterocycles. The van der Waals surface area contributed by atoms with Crippen LogP contribution in [0.4, 0.5) is 5.13 Å². The predicted molar refractivity (Wildman–Crippen MR) is 69.8 cm³/mol. The van der Waals surface area contributed by atoms with E-state index in [1.165, 1.54) is 30.2 Å². The highest BCUT2D eigenvalue weighted by molar-refractivity contribution is 8.01. The summed E-state index contributed by atoms with van der Waals surface area (Å²) in [6.45, 7) is 0. The van der Waals surface area contributed by atoms with E-state index in [4.69, 9.17) is 0 Å². The van der Waals surface area contributed by atoms with Crippen LogP contribution in [-0.2, 0) is 9.53 Å². The quantitative estimate of drug-likeness (QED) is 0.598. The van der Waals surface area contributed by atoms with Crippen molar-refractivity contribution in [3.05, 3.63) is 0 Å². The van der Waals surface area contributed by atoms with E-state index in [1.54, 1.807) is 7.05 Å². The van der Waals surface area contributed by atoms with Gasteiger partial charge >= 0.3 is 5.97 Å². The highest BCUT2D eigenvalue weighted by Crippen LogP contribution is 2.27. The first kappa shape index (κ1) is 14.2. The molecule has 17 heavy (non-hydrogen) atoms. The molecule has 96 valence electrons. The van der Waals surface area contributed by atoms with Gasteiger partial charge in [0.05, 0.1) is 7.11 Å². The number of thioether (sulfide) groups is 1. The van der Waals surface area contributed by atoms with E-state index in [0.29, 0.717) is 5.75 Å². The van der Waals surface area contributed by atoms with Crippen LogP contribution < -0.4 is 10.2 Å². The van der Waals surface area contributed by atoms with Crippen LogP contribution in [0.25, 0.3) is 0 Å². The fourth-order valence-corrected chi connectivity index (χ4v) is 2.88. The van der Waals surface area contributed by atoms with Crippen LogP contribution in [0.1, 0.15) is 0 Å². The fourth-order valence-electron chi connectivity index (χ4n) is 1.01. The summed E-state index contributed by atoms with van der Waals surface area (Å²) in [5.74, 6) is 0.308. The van der Waals surface area contributed by atoms with Crippen molar-refractivity contribution in [2.24, 2.45) is 0 Å². The van der Waals surface area contributed by atoms with Gasteiger partial charge in [0.2, 0.25) is 5.13 Å². The second-order valence-corrected chi connectivity index (χ2v) is 5.64. The SMILES string of the molecule is CNC(CSc1nnc(N(C)C)s1)C(=O)OC. The van der Waals surface area contributed by atoms with Gasteiger partial charge in [-0.15, -0.1) is 10.2 Å². The summed E-state index contributed by atoms with van der Waals surface area (Å²) >= 11 is 2.99. The van der Waals surface area contributed by atoms with Crippen LogP contribution in [0.5, 0.6) is 0 Å². The Morgan fingerprint density at radius 3 is 2.76 bits per heavy atom. The predicted octanol–water partition coefficient (Wildman–Crippen LogP) is 0.457. The van der Waals surface area contributed by atoms with Gasteiger partial charge < -0.3 is 15.0 Å². The maximum atomic E-state index is 11.3. The minimum atomic E-state index is -0.322. The normalized spacial score (nSPS) is 12.2. The molecule has 0 amide bonds. The summed E-state index contributed by atoms with van der Waals surface area (Å²) in [5.41, 5.74) is 0. The lowest BCUT2D eigenvalue weighted by atomic mass is 10.3. The summed E-state index contributed by atoms with van der Waals surface area (Å²) in [4.78, 5) is 13.2. The second-order valence-electron chi connectivity index (χ2n) is 3.42. The van der Waals surface area contributed by atoms with Crippen molar-refractivity contribution in [1.29, 1.82) is 0 Å². The van der Waals surface area contributed by atoms with Crippen LogP contribution in [0.15, 0.2) is 4.34 Å². The first-order valence-electron chi connectivity index (χ1n) is 4.97. The maximum Gasteiger partial charge on any atom is 0.323 e. The lowest BCUT2D eigenvalue weighted by Gasteiger charge is -2.11. The number of rotatable bonds is 6. The molecule has 0 aliphatic heterocycles. The average Bonchev–Trinajstić information content (AvgIpc) is 2.78. The Bertz CT molecular complexity index is 370. The van der Waals surface area contributed by atoms with Crippen molar-refractivity contribution >= 4 is 34.2 Å². The van der Waals surface area contributed by atoms with E-state index in [-0.39, 0.29) is 12.0 Å². The van der Waals surface area contributed by atoms with Gasteiger partial charge in [0.25, 0.3) is 0 Å². The van der Waals surface area contributed by atoms with E-state index in [2.05, 4.69) is 20.3 Å². The third-order valence-electron chi connectivity index (χ3n) is 1.99.